The summed E-state index contributed by atoms with van der Waals surface area (Å²) in [4.78, 5) is 40.9. The average Bonchev–Trinajstić information content (AvgIpc) is 3.02. The minimum Gasteiger partial charge on any atom is -0.497 e. The van der Waals surface area contributed by atoms with Crippen molar-refractivity contribution in [3.8, 4) is 11.5 Å². The first kappa shape index (κ1) is 30.3. The van der Waals surface area contributed by atoms with Gasteiger partial charge in [-0.2, -0.15) is 0 Å². The van der Waals surface area contributed by atoms with Crippen molar-refractivity contribution in [2.24, 2.45) is 0 Å². The van der Waals surface area contributed by atoms with Gasteiger partial charge in [0, 0.05) is 24.8 Å². The maximum Gasteiger partial charge on any atom is 0.328 e. The van der Waals surface area contributed by atoms with E-state index in [2.05, 4.69) is 4.98 Å². The molecule has 4 aromatic rings. The third-order valence-corrected chi connectivity index (χ3v) is 7.07. The number of aliphatic hydroxyl groups excluding tert-OH is 1. The molecule has 42 heavy (non-hydrogen) atoms. The van der Waals surface area contributed by atoms with Gasteiger partial charge in [0.1, 0.15) is 23.6 Å². The Hall–Kier alpha value is -4.67. The highest BCUT2D eigenvalue weighted by Crippen LogP contribution is 2.41. The minimum absolute atomic E-state index is 0.0443. The summed E-state index contributed by atoms with van der Waals surface area (Å²) >= 11 is 0. The molecule has 0 radical (unpaired) electrons. The second-order valence-corrected chi connectivity index (χ2v) is 9.66. The zero-order chi connectivity index (χ0) is 30.1. The number of carbonyl (C=O) groups is 1. The topological polar surface area (TPSA) is 123 Å². The molecule has 0 atom stereocenters. The molecule has 220 valence electrons. The van der Waals surface area contributed by atoms with Crippen LogP contribution in [0.25, 0.3) is 0 Å². The lowest BCUT2D eigenvalue weighted by atomic mass is 9.80. The molecule has 3 aromatic carbocycles. The monoisotopic (exact) mass is 573 g/mol. The highest BCUT2D eigenvalue weighted by atomic mass is 16.5. The predicted molar refractivity (Wildman–Crippen MR) is 158 cm³/mol. The number of H-pyrrole nitrogens is 1. The molecule has 2 N–H and O–H groups in total. The lowest BCUT2D eigenvalue weighted by Gasteiger charge is -2.37. The van der Waals surface area contributed by atoms with Crippen LogP contribution in [0.3, 0.4) is 0 Å². The number of methoxy groups -OCH3 is 2. The summed E-state index contributed by atoms with van der Waals surface area (Å²) in [6.07, 6.45) is 1.35. The number of hydrogen-bond donors (Lipinski definition) is 2. The van der Waals surface area contributed by atoms with Gasteiger partial charge in [0.15, 0.2) is 0 Å². The van der Waals surface area contributed by atoms with Crippen LogP contribution in [0.4, 0.5) is 0 Å². The molecule has 0 saturated heterocycles. The zero-order valence-electron chi connectivity index (χ0n) is 23.9. The van der Waals surface area contributed by atoms with Gasteiger partial charge in [0.2, 0.25) is 5.91 Å². The molecule has 0 unspecified atom stereocenters. The smallest absolute Gasteiger partial charge is 0.328 e. The molecule has 1 aromatic heterocycles. The number of rotatable bonds is 13. The van der Waals surface area contributed by atoms with Crippen LogP contribution in [-0.4, -0.2) is 66.0 Å². The molecule has 0 aliphatic carbocycles. The van der Waals surface area contributed by atoms with Crippen LogP contribution in [-0.2, 0) is 21.7 Å². The highest BCUT2D eigenvalue weighted by Gasteiger charge is 2.38. The van der Waals surface area contributed by atoms with E-state index in [-0.39, 0.29) is 32.8 Å². The Labute approximate surface area is 243 Å². The van der Waals surface area contributed by atoms with Gasteiger partial charge >= 0.3 is 5.69 Å². The van der Waals surface area contributed by atoms with Crippen LogP contribution in [0, 0.1) is 6.92 Å². The Morgan fingerprint density at radius 3 is 1.93 bits per heavy atom. The summed E-state index contributed by atoms with van der Waals surface area (Å²) in [5.74, 6) is 0.992. The first-order chi connectivity index (χ1) is 20.3. The highest BCUT2D eigenvalue weighted by molar-refractivity contribution is 5.76. The number of ether oxygens (including phenoxy) is 3. The van der Waals surface area contributed by atoms with Gasteiger partial charge in [-0.25, -0.2) is 4.79 Å². The SMILES string of the molecule is COc1ccc(C(OCCN(CCO)C(=O)Cn2cc(C)c(=O)[nH]c2=O)(c2ccccc2)c2ccc(OC)cc2)cc1. The molecule has 0 spiro atoms. The lowest BCUT2D eigenvalue weighted by molar-refractivity contribution is -0.134. The first-order valence-corrected chi connectivity index (χ1v) is 13.5. The van der Waals surface area contributed by atoms with Crippen molar-refractivity contribution >= 4 is 5.91 Å². The van der Waals surface area contributed by atoms with Crippen molar-refractivity contribution in [3.05, 3.63) is 128 Å². The molecule has 0 fully saturated rings. The number of benzene rings is 3. The van der Waals surface area contributed by atoms with E-state index in [9.17, 15) is 19.5 Å². The van der Waals surface area contributed by atoms with Crippen molar-refractivity contribution in [2.75, 3.05) is 40.5 Å². The Morgan fingerprint density at radius 2 is 1.40 bits per heavy atom. The molecule has 10 heteroatoms. The number of aromatic nitrogens is 2. The number of aromatic amines is 1. The number of aryl methyl sites for hydroxylation is 1. The molecule has 0 aliphatic heterocycles. The summed E-state index contributed by atoms with van der Waals surface area (Å²) in [6.45, 7) is 1.27. The van der Waals surface area contributed by atoms with Gasteiger partial charge in [-0.15, -0.1) is 0 Å². The standard InChI is InChI=1S/C32H35N3O7/c1-23-21-35(31(39)33-30(23)38)22-29(37)34(17-19-36)18-20-42-32(24-7-5-4-6-8-24,25-9-13-27(40-2)14-10-25)26-11-15-28(41-3)16-12-26/h4-16,21,36H,17-20,22H2,1-3H3,(H,33,38,39). The van der Waals surface area contributed by atoms with Crippen LogP contribution in [0.1, 0.15) is 22.3 Å². The van der Waals surface area contributed by atoms with Crippen molar-refractivity contribution in [2.45, 2.75) is 19.1 Å². The number of carbonyl (C=O) groups excluding carboxylic acids is 1. The van der Waals surface area contributed by atoms with Crippen LogP contribution in [0.5, 0.6) is 11.5 Å². The third kappa shape index (κ3) is 6.62. The number of nitrogens with one attached hydrogen (secondary N) is 1. The molecule has 0 aliphatic rings. The van der Waals surface area contributed by atoms with Crippen molar-refractivity contribution in [1.82, 2.24) is 14.5 Å². The van der Waals surface area contributed by atoms with E-state index in [1.54, 1.807) is 21.1 Å². The molecule has 1 heterocycles. The van der Waals surface area contributed by atoms with Crippen LogP contribution < -0.4 is 20.7 Å². The summed E-state index contributed by atoms with van der Waals surface area (Å²) in [5, 5.41) is 9.70. The summed E-state index contributed by atoms with van der Waals surface area (Å²) in [7, 11) is 3.21. The van der Waals surface area contributed by atoms with E-state index in [1.165, 1.54) is 11.1 Å². The number of aliphatic hydroxyl groups is 1. The molecular formula is C32H35N3O7. The largest absolute Gasteiger partial charge is 0.497 e. The average molecular weight is 574 g/mol. The Bertz CT molecular complexity index is 1530. The zero-order valence-corrected chi connectivity index (χ0v) is 23.9. The second kappa shape index (κ2) is 13.8. The van der Waals surface area contributed by atoms with Crippen LogP contribution in [0.2, 0.25) is 0 Å². The molecule has 1 amide bonds. The van der Waals surface area contributed by atoms with Crippen LogP contribution >= 0.6 is 0 Å². The quantitative estimate of drug-likeness (QED) is 0.236. The van der Waals surface area contributed by atoms with Gasteiger partial charge in [0.05, 0.1) is 27.4 Å². The summed E-state index contributed by atoms with van der Waals surface area (Å²) in [5.41, 5.74) is 0.618. The lowest BCUT2D eigenvalue weighted by Crippen LogP contribution is -2.43. The second-order valence-electron chi connectivity index (χ2n) is 9.66. The molecular weight excluding hydrogens is 538 g/mol. The fraction of sp³-hybridized carbons (Fsp3) is 0.281. The van der Waals surface area contributed by atoms with Gasteiger partial charge in [-0.1, -0.05) is 54.6 Å². The number of amides is 1. The van der Waals surface area contributed by atoms with E-state index in [0.29, 0.717) is 17.1 Å². The van der Waals surface area contributed by atoms with E-state index in [4.69, 9.17) is 14.2 Å². The van der Waals surface area contributed by atoms with E-state index in [1.807, 2.05) is 78.9 Å². The van der Waals surface area contributed by atoms with Gasteiger partial charge < -0.3 is 24.2 Å². The fourth-order valence-corrected chi connectivity index (χ4v) is 4.85. The van der Waals surface area contributed by atoms with Gasteiger partial charge in [-0.05, 0) is 47.9 Å². The number of hydrogen-bond acceptors (Lipinski definition) is 7. The van der Waals surface area contributed by atoms with Crippen molar-refractivity contribution in [1.29, 1.82) is 0 Å². The van der Waals surface area contributed by atoms with E-state index < -0.39 is 22.8 Å². The normalized spacial score (nSPS) is 11.2. The van der Waals surface area contributed by atoms with Crippen molar-refractivity contribution < 1.29 is 24.1 Å². The van der Waals surface area contributed by atoms with Crippen LogP contribution in [0.15, 0.2) is 94.6 Å². The number of nitrogens with zero attached hydrogens (tertiary/aromatic N) is 2. The first-order valence-electron chi connectivity index (χ1n) is 13.5. The summed E-state index contributed by atoms with van der Waals surface area (Å²) in [6, 6.07) is 25.0. The third-order valence-electron chi connectivity index (χ3n) is 7.07. The Balaban J connectivity index is 1.69. The minimum atomic E-state index is -1.07. The van der Waals surface area contributed by atoms with E-state index >= 15 is 0 Å². The maximum atomic E-state index is 13.2. The van der Waals surface area contributed by atoms with Crippen molar-refractivity contribution in [3.63, 3.8) is 0 Å². The molecule has 0 bridgehead atoms. The molecule has 0 saturated carbocycles. The fourth-order valence-electron chi connectivity index (χ4n) is 4.85. The van der Waals surface area contributed by atoms with E-state index in [0.717, 1.165) is 21.3 Å². The predicted octanol–water partition coefficient (Wildman–Crippen LogP) is 2.69. The Kier molecular flexibility index (Phi) is 9.95. The maximum absolute atomic E-state index is 13.2. The summed E-state index contributed by atoms with van der Waals surface area (Å²) < 4.78 is 18.7. The molecule has 4 rings (SSSR count). The van der Waals surface area contributed by atoms with Gasteiger partial charge in [-0.3, -0.25) is 19.1 Å². The molecule has 10 nitrogen and oxygen atoms in total. The Morgan fingerprint density at radius 1 is 0.857 bits per heavy atom. The van der Waals surface area contributed by atoms with Gasteiger partial charge in [0.25, 0.3) is 5.56 Å².